The largest absolute Gasteiger partial charge is 0.339 e. The first kappa shape index (κ1) is 14.6. The summed E-state index contributed by atoms with van der Waals surface area (Å²) in [5.74, 6) is 3.07. The molecule has 0 bridgehead atoms. The van der Waals surface area contributed by atoms with E-state index in [-0.39, 0.29) is 0 Å². The summed E-state index contributed by atoms with van der Waals surface area (Å²) in [6.07, 6.45) is 3.47. The molecule has 0 saturated heterocycles. The van der Waals surface area contributed by atoms with Gasteiger partial charge in [-0.25, -0.2) is 0 Å². The monoisotopic (exact) mass is 303 g/mol. The van der Waals surface area contributed by atoms with E-state index in [1.165, 1.54) is 23.3 Å². The van der Waals surface area contributed by atoms with Crippen molar-refractivity contribution in [2.45, 2.75) is 42.9 Å². The second-order valence-electron chi connectivity index (χ2n) is 5.65. The van der Waals surface area contributed by atoms with Gasteiger partial charge in [0.1, 0.15) is 0 Å². The highest BCUT2D eigenvalue weighted by Gasteiger charge is 2.31. The van der Waals surface area contributed by atoms with Crippen molar-refractivity contribution in [1.82, 2.24) is 15.5 Å². The van der Waals surface area contributed by atoms with Gasteiger partial charge in [0.05, 0.1) is 5.75 Å². The van der Waals surface area contributed by atoms with Gasteiger partial charge in [0, 0.05) is 17.4 Å². The van der Waals surface area contributed by atoms with Crippen molar-refractivity contribution in [3.63, 3.8) is 0 Å². The molecular weight excluding hydrogens is 282 g/mol. The van der Waals surface area contributed by atoms with Crippen LogP contribution in [0.15, 0.2) is 33.7 Å². The summed E-state index contributed by atoms with van der Waals surface area (Å²) >= 11 is 1.74. The summed E-state index contributed by atoms with van der Waals surface area (Å²) in [6.45, 7) is 2.10. The molecule has 3 rings (SSSR count). The molecule has 1 aliphatic carbocycles. The minimum Gasteiger partial charge on any atom is -0.339 e. The SMILES string of the molecule is CNC(Cc1nc(CSc2cccc(C)c2)no1)C1CC1. The van der Waals surface area contributed by atoms with Crippen LogP contribution in [0.1, 0.15) is 30.1 Å². The molecule has 0 aliphatic heterocycles. The number of likely N-dealkylation sites (N-methyl/N-ethyl adjacent to an activating group) is 1. The zero-order chi connectivity index (χ0) is 14.7. The van der Waals surface area contributed by atoms with Crippen LogP contribution in [0.25, 0.3) is 0 Å². The Morgan fingerprint density at radius 3 is 3.00 bits per heavy atom. The molecule has 21 heavy (non-hydrogen) atoms. The number of nitrogens with one attached hydrogen (secondary N) is 1. The minimum absolute atomic E-state index is 0.475. The third-order valence-corrected chi connectivity index (χ3v) is 4.81. The predicted molar refractivity (Wildman–Crippen MR) is 84.3 cm³/mol. The van der Waals surface area contributed by atoms with Crippen LogP contribution in [0.5, 0.6) is 0 Å². The Bertz CT molecular complexity index is 595. The van der Waals surface area contributed by atoms with E-state index in [9.17, 15) is 0 Å². The molecule has 112 valence electrons. The van der Waals surface area contributed by atoms with Gasteiger partial charge in [-0.1, -0.05) is 22.9 Å². The predicted octanol–water partition coefficient (Wildman–Crippen LogP) is 3.21. The highest BCUT2D eigenvalue weighted by Crippen LogP contribution is 2.33. The molecule has 1 N–H and O–H groups in total. The Kier molecular flexibility index (Phi) is 4.60. The molecule has 1 aromatic carbocycles. The molecule has 1 heterocycles. The minimum atomic E-state index is 0.475. The molecule has 5 heteroatoms. The van der Waals surface area contributed by atoms with E-state index in [2.05, 4.69) is 46.6 Å². The number of hydrogen-bond acceptors (Lipinski definition) is 5. The third kappa shape index (κ3) is 4.08. The van der Waals surface area contributed by atoms with E-state index >= 15 is 0 Å². The number of aromatic nitrogens is 2. The van der Waals surface area contributed by atoms with Crippen molar-refractivity contribution in [3.05, 3.63) is 41.5 Å². The molecule has 1 atom stereocenters. The van der Waals surface area contributed by atoms with Crippen LogP contribution in [0.3, 0.4) is 0 Å². The molecule has 0 amide bonds. The Balaban J connectivity index is 1.55. The summed E-state index contributed by atoms with van der Waals surface area (Å²) < 4.78 is 5.37. The molecule has 1 fully saturated rings. The lowest BCUT2D eigenvalue weighted by Crippen LogP contribution is -2.29. The van der Waals surface area contributed by atoms with Gasteiger partial charge in [-0.15, -0.1) is 11.8 Å². The molecule has 0 spiro atoms. The maximum Gasteiger partial charge on any atom is 0.228 e. The van der Waals surface area contributed by atoms with Gasteiger partial charge in [0.25, 0.3) is 0 Å². The van der Waals surface area contributed by atoms with Crippen molar-refractivity contribution in [2.24, 2.45) is 5.92 Å². The topological polar surface area (TPSA) is 51.0 Å². The van der Waals surface area contributed by atoms with Gasteiger partial charge in [-0.2, -0.15) is 4.98 Å². The van der Waals surface area contributed by atoms with Crippen LogP contribution in [-0.2, 0) is 12.2 Å². The average molecular weight is 303 g/mol. The van der Waals surface area contributed by atoms with Crippen molar-refractivity contribution in [3.8, 4) is 0 Å². The fourth-order valence-corrected chi connectivity index (χ4v) is 3.33. The van der Waals surface area contributed by atoms with E-state index in [4.69, 9.17) is 4.52 Å². The maximum atomic E-state index is 5.37. The van der Waals surface area contributed by atoms with E-state index in [1.54, 1.807) is 11.8 Å². The van der Waals surface area contributed by atoms with Gasteiger partial charge < -0.3 is 9.84 Å². The summed E-state index contributed by atoms with van der Waals surface area (Å²) in [7, 11) is 2.01. The molecular formula is C16H21N3OS. The van der Waals surface area contributed by atoms with E-state index < -0.39 is 0 Å². The van der Waals surface area contributed by atoms with Crippen LogP contribution in [0, 0.1) is 12.8 Å². The fourth-order valence-electron chi connectivity index (χ4n) is 2.48. The second kappa shape index (κ2) is 6.62. The van der Waals surface area contributed by atoms with Crippen molar-refractivity contribution >= 4 is 11.8 Å². The van der Waals surface area contributed by atoms with Crippen molar-refractivity contribution in [1.29, 1.82) is 0 Å². The standard InChI is InChI=1S/C16H21N3OS/c1-11-4-3-5-13(8-11)21-10-15-18-16(20-19-15)9-14(17-2)12-6-7-12/h3-5,8,12,14,17H,6-7,9-10H2,1-2H3. The Morgan fingerprint density at radius 1 is 1.43 bits per heavy atom. The average Bonchev–Trinajstić information content (AvgIpc) is 3.23. The summed E-state index contributed by atoms with van der Waals surface area (Å²) in [6, 6.07) is 8.94. The van der Waals surface area contributed by atoms with Gasteiger partial charge >= 0.3 is 0 Å². The van der Waals surface area contributed by atoms with E-state index in [0.717, 1.165) is 29.8 Å². The number of nitrogens with zero attached hydrogens (tertiary/aromatic N) is 2. The van der Waals surface area contributed by atoms with Gasteiger partial charge in [0.15, 0.2) is 5.82 Å². The lowest BCUT2D eigenvalue weighted by atomic mass is 10.1. The lowest BCUT2D eigenvalue weighted by Gasteiger charge is -2.11. The first-order valence-electron chi connectivity index (χ1n) is 7.43. The Morgan fingerprint density at radius 2 is 2.29 bits per heavy atom. The first-order valence-corrected chi connectivity index (χ1v) is 8.41. The Labute approximate surface area is 129 Å². The van der Waals surface area contributed by atoms with Crippen LogP contribution in [0.2, 0.25) is 0 Å². The van der Waals surface area contributed by atoms with Crippen molar-refractivity contribution in [2.75, 3.05) is 7.05 Å². The second-order valence-corrected chi connectivity index (χ2v) is 6.70. The Hall–Kier alpha value is -1.33. The fraction of sp³-hybridized carbons (Fsp3) is 0.500. The molecule has 2 aromatic rings. The summed E-state index contributed by atoms with van der Waals surface area (Å²) in [5, 5.41) is 7.44. The van der Waals surface area contributed by atoms with Crippen molar-refractivity contribution < 1.29 is 4.52 Å². The lowest BCUT2D eigenvalue weighted by molar-refractivity contribution is 0.349. The molecule has 1 aliphatic rings. The van der Waals surface area contributed by atoms with E-state index in [0.29, 0.717) is 6.04 Å². The molecule has 4 nitrogen and oxygen atoms in total. The third-order valence-electron chi connectivity index (χ3n) is 3.82. The highest BCUT2D eigenvalue weighted by atomic mass is 32.2. The zero-order valence-electron chi connectivity index (χ0n) is 12.5. The van der Waals surface area contributed by atoms with Gasteiger partial charge in [-0.3, -0.25) is 0 Å². The van der Waals surface area contributed by atoms with Crippen LogP contribution < -0.4 is 5.32 Å². The molecule has 1 unspecified atom stereocenters. The van der Waals surface area contributed by atoms with Gasteiger partial charge in [0.2, 0.25) is 5.89 Å². The summed E-state index contributed by atoms with van der Waals surface area (Å²) in [4.78, 5) is 5.75. The number of aryl methyl sites for hydroxylation is 1. The zero-order valence-corrected chi connectivity index (χ0v) is 13.3. The molecule has 0 radical (unpaired) electrons. The number of rotatable bonds is 7. The highest BCUT2D eigenvalue weighted by molar-refractivity contribution is 7.98. The molecule has 1 aromatic heterocycles. The smallest absolute Gasteiger partial charge is 0.228 e. The number of thioether (sulfide) groups is 1. The summed E-state index contributed by atoms with van der Waals surface area (Å²) in [5.41, 5.74) is 1.27. The number of benzene rings is 1. The van der Waals surface area contributed by atoms with Gasteiger partial charge in [-0.05, 0) is 44.9 Å². The van der Waals surface area contributed by atoms with Crippen LogP contribution >= 0.6 is 11.8 Å². The normalized spacial score (nSPS) is 16.1. The van der Waals surface area contributed by atoms with E-state index in [1.807, 2.05) is 7.05 Å². The van der Waals surface area contributed by atoms with Crippen LogP contribution in [0.4, 0.5) is 0 Å². The molecule has 1 saturated carbocycles. The van der Waals surface area contributed by atoms with Crippen LogP contribution in [-0.4, -0.2) is 23.2 Å². The quantitative estimate of drug-likeness (QED) is 0.796. The maximum absolute atomic E-state index is 5.37. The number of hydrogen-bond donors (Lipinski definition) is 1. The first-order chi connectivity index (χ1) is 10.2.